The number of hydrogen-bond donors (Lipinski definition) is 2. The summed E-state index contributed by atoms with van der Waals surface area (Å²) in [5.41, 5.74) is 2.79. The number of ether oxygens (including phenoxy) is 1. The van der Waals surface area contributed by atoms with Gasteiger partial charge in [-0.15, -0.1) is 0 Å². The topological polar surface area (TPSA) is 91.0 Å². The molecule has 3 amide bonds. The van der Waals surface area contributed by atoms with Crippen LogP contribution in [0, 0.1) is 0 Å². The van der Waals surface area contributed by atoms with Crippen LogP contribution in [0.25, 0.3) is 0 Å². The maximum atomic E-state index is 12.8. The van der Waals surface area contributed by atoms with Crippen molar-refractivity contribution in [3.8, 4) is 0 Å². The van der Waals surface area contributed by atoms with Gasteiger partial charge in [0.05, 0.1) is 0 Å². The quantitative estimate of drug-likeness (QED) is 0.666. The fourth-order valence-corrected chi connectivity index (χ4v) is 4.51. The summed E-state index contributed by atoms with van der Waals surface area (Å²) in [7, 11) is 1.73. The second-order valence-corrected chi connectivity index (χ2v) is 8.00. The third-order valence-electron chi connectivity index (χ3n) is 6.10. The number of carbonyl (C=O) groups excluding carboxylic acids is 3. The van der Waals surface area contributed by atoms with Crippen LogP contribution >= 0.6 is 0 Å². The van der Waals surface area contributed by atoms with Crippen molar-refractivity contribution in [2.24, 2.45) is 0 Å². The fourth-order valence-electron chi connectivity index (χ4n) is 4.51. The van der Waals surface area contributed by atoms with Crippen molar-refractivity contribution in [2.45, 2.75) is 44.4 Å². The van der Waals surface area contributed by atoms with E-state index in [0.29, 0.717) is 24.6 Å². The summed E-state index contributed by atoms with van der Waals surface area (Å²) < 4.78 is 5.25. The lowest BCUT2D eigenvalue weighted by molar-refractivity contribution is -0.136. The molecule has 2 fully saturated rings. The zero-order valence-corrected chi connectivity index (χ0v) is 16.8. The Morgan fingerprint density at radius 1 is 1.24 bits per heavy atom. The summed E-state index contributed by atoms with van der Waals surface area (Å²) in [5.74, 6) is -0.762. The maximum absolute atomic E-state index is 12.8. The Hall–Kier alpha value is -2.29. The first kappa shape index (κ1) is 20.0. The number of nitrogens with one attached hydrogen (secondary N) is 2. The van der Waals surface area contributed by atoms with Gasteiger partial charge in [-0.05, 0) is 30.0 Å². The van der Waals surface area contributed by atoms with E-state index in [2.05, 4.69) is 21.6 Å². The van der Waals surface area contributed by atoms with E-state index in [1.54, 1.807) is 12.0 Å². The first-order chi connectivity index (χ1) is 14.1. The SMILES string of the molecule is COCCC1CNCCN1Cc1ccc2c(c1)CN(C1CCC(=O)NC1=O)C2=O. The summed E-state index contributed by atoms with van der Waals surface area (Å²) >= 11 is 0. The Morgan fingerprint density at radius 2 is 2.10 bits per heavy atom. The van der Waals surface area contributed by atoms with Gasteiger partial charge >= 0.3 is 0 Å². The normalized spacial score (nSPS) is 25.3. The van der Waals surface area contributed by atoms with Crippen LogP contribution in [0.15, 0.2) is 18.2 Å². The molecule has 4 rings (SSSR count). The number of amides is 3. The van der Waals surface area contributed by atoms with Crippen molar-refractivity contribution in [2.75, 3.05) is 33.4 Å². The molecule has 2 N–H and O–H groups in total. The second-order valence-electron chi connectivity index (χ2n) is 8.00. The highest BCUT2D eigenvalue weighted by atomic mass is 16.5. The zero-order chi connectivity index (χ0) is 20.4. The maximum Gasteiger partial charge on any atom is 0.255 e. The molecule has 2 unspecified atom stereocenters. The molecule has 3 aliphatic heterocycles. The Morgan fingerprint density at radius 3 is 2.90 bits per heavy atom. The van der Waals surface area contributed by atoms with Crippen LogP contribution in [-0.4, -0.2) is 73.0 Å². The van der Waals surface area contributed by atoms with Gasteiger partial charge in [-0.25, -0.2) is 0 Å². The van der Waals surface area contributed by atoms with E-state index >= 15 is 0 Å². The van der Waals surface area contributed by atoms with Gasteiger partial charge in [0.25, 0.3) is 5.91 Å². The van der Waals surface area contributed by atoms with Crippen molar-refractivity contribution in [1.82, 2.24) is 20.4 Å². The van der Waals surface area contributed by atoms with Crippen LogP contribution in [0.4, 0.5) is 0 Å². The van der Waals surface area contributed by atoms with Crippen LogP contribution in [0.5, 0.6) is 0 Å². The standard InChI is InChI=1S/C21H28N4O4/c1-29-9-6-16-11-22-7-8-24(16)12-14-2-3-17-15(10-14)13-25(21(17)28)18-4-5-19(26)23-20(18)27/h2-3,10,16,18,22H,4-9,11-13H2,1H3,(H,23,26,27). The molecule has 0 bridgehead atoms. The molecule has 0 saturated carbocycles. The number of benzene rings is 1. The molecular weight excluding hydrogens is 372 g/mol. The Kier molecular flexibility index (Phi) is 5.94. The number of nitrogens with zero attached hydrogens (tertiary/aromatic N) is 2. The smallest absolute Gasteiger partial charge is 0.255 e. The first-order valence-corrected chi connectivity index (χ1v) is 10.3. The molecule has 29 heavy (non-hydrogen) atoms. The molecule has 3 heterocycles. The number of fused-ring (bicyclic) bond motifs is 1. The number of piperidine rings is 1. The van der Waals surface area contributed by atoms with Crippen LogP contribution < -0.4 is 10.6 Å². The number of rotatable bonds is 6. The predicted molar refractivity (Wildman–Crippen MR) is 106 cm³/mol. The highest BCUT2D eigenvalue weighted by molar-refractivity contribution is 6.05. The molecule has 0 aliphatic carbocycles. The predicted octanol–water partition coefficient (Wildman–Crippen LogP) is 0.258. The van der Waals surface area contributed by atoms with E-state index in [1.807, 2.05) is 12.1 Å². The monoisotopic (exact) mass is 400 g/mol. The molecule has 2 atom stereocenters. The largest absolute Gasteiger partial charge is 0.385 e. The van der Waals surface area contributed by atoms with E-state index in [4.69, 9.17) is 4.74 Å². The van der Waals surface area contributed by atoms with Crippen LogP contribution in [0.1, 0.15) is 40.7 Å². The minimum atomic E-state index is -0.567. The molecule has 1 aromatic rings. The minimum Gasteiger partial charge on any atom is -0.385 e. The Labute approximate surface area is 170 Å². The third kappa shape index (κ3) is 4.19. The van der Waals surface area contributed by atoms with Gasteiger partial charge in [0, 0.05) is 64.5 Å². The third-order valence-corrected chi connectivity index (χ3v) is 6.10. The van der Waals surface area contributed by atoms with Crippen LogP contribution in [0.2, 0.25) is 0 Å². The lowest BCUT2D eigenvalue weighted by Gasteiger charge is -2.36. The van der Waals surface area contributed by atoms with E-state index in [0.717, 1.165) is 44.8 Å². The average Bonchev–Trinajstić information content (AvgIpc) is 3.03. The summed E-state index contributed by atoms with van der Waals surface area (Å²) in [4.78, 5) is 40.5. The molecule has 156 valence electrons. The van der Waals surface area contributed by atoms with Crippen molar-refractivity contribution in [3.63, 3.8) is 0 Å². The Balaban J connectivity index is 1.46. The molecule has 3 aliphatic rings. The first-order valence-electron chi connectivity index (χ1n) is 10.3. The highest BCUT2D eigenvalue weighted by Gasteiger charge is 2.39. The zero-order valence-electron chi connectivity index (χ0n) is 16.8. The molecule has 8 heteroatoms. The summed E-state index contributed by atoms with van der Waals surface area (Å²) in [5, 5.41) is 5.79. The van der Waals surface area contributed by atoms with E-state index < -0.39 is 6.04 Å². The molecule has 1 aromatic carbocycles. The Bertz CT molecular complexity index is 812. The van der Waals surface area contributed by atoms with Gasteiger partial charge in [-0.1, -0.05) is 12.1 Å². The summed E-state index contributed by atoms with van der Waals surface area (Å²) in [6.45, 7) is 4.89. The molecule has 2 saturated heterocycles. The number of hydrogen-bond acceptors (Lipinski definition) is 6. The number of imide groups is 1. The minimum absolute atomic E-state index is 0.124. The van der Waals surface area contributed by atoms with E-state index in [-0.39, 0.29) is 24.1 Å². The summed E-state index contributed by atoms with van der Waals surface area (Å²) in [6, 6.07) is 5.85. The van der Waals surface area contributed by atoms with Crippen molar-refractivity contribution >= 4 is 17.7 Å². The van der Waals surface area contributed by atoms with Gasteiger partial charge in [-0.2, -0.15) is 0 Å². The van der Waals surface area contributed by atoms with Crippen molar-refractivity contribution in [3.05, 3.63) is 34.9 Å². The molecule has 0 aromatic heterocycles. The lowest BCUT2D eigenvalue weighted by atomic mass is 10.0. The van der Waals surface area contributed by atoms with Gasteiger partial charge in [0.2, 0.25) is 11.8 Å². The fraction of sp³-hybridized carbons (Fsp3) is 0.571. The van der Waals surface area contributed by atoms with Gasteiger partial charge < -0.3 is 15.0 Å². The van der Waals surface area contributed by atoms with Gasteiger partial charge in [0.1, 0.15) is 6.04 Å². The average molecular weight is 400 g/mol. The van der Waals surface area contributed by atoms with E-state index in [9.17, 15) is 14.4 Å². The van der Waals surface area contributed by atoms with Gasteiger partial charge in [0.15, 0.2) is 0 Å². The van der Waals surface area contributed by atoms with Crippen LogP contribution in [0.3, 0.4) is 0 Å². The molecule has 8 nitrogen and oxygen atoms in total. The molecule has 0 radical (unpaired) electrons. The van der Waals surface area contributed by atoms with E-state index in [1.165, 1.54) is 5.56 Å². The van der Waals surface area contributed by atoms with Crippen molar-refractivity contribution < 1.29 is 19.1 Å². The van der Waals surface area contributed by atoms with Crippen LogP contribution in [-0.2, 0) is 27.4 Å². The summed E-state index contributed by atoms with van der Waals surface area (Å²) in [6.07, 6.45) is 1.64. The number of carbonyl (C=O) groups is 3. The second kappa shape index (κ2) is 8.61. The van der Waals surface area contributed by atoms with Crippen molar-refractivity contribution in [1.29, 1.82) is 0 Å². The molecule has 0 spiro atoms. The lowest BCUT2D eigenvalue weighted by Crippen LogP contribution is -2.52. The number of piperazine rings is 1. The van der Waals surface area contributed by atoms with Gasteiger partial charge in [-0.3, -0.25) is 24.6 Å². The molecular formula is C21H28N4O4. The number of methoxy groups -OCH3 is 1. The highest BCUT2D eigenvalue weighted by Crippen LogP contribution is 2.28.